The average Bonchev–Trinajstić information content (AvgIpc) is 2.69. The lowest BCUT2D eigenvalue weighted by Gasteiger charge is -2.23. The molecular formula is C19H30N6O5. The minimum Gasteiger partial charge on any atom is -0.480 e. The SMILES string of the molecule is C[C@@H](O)[C@H](N)C(=O)N[C@@H](CCCN=C(N)N)C(=O)N[C@@H](Cc1ccccc1)C(=O)O. The zero-order chi connectivity index (χ0) is 22.7. The van der Waals surface area contributed by atoms with Crippen LogP contribution in [0.1, 0.15) is 25.3 Å². The summed E-state index contributed by atoms with van der Waals surface area (Å²) < 4.78 is 0. The van der Waals surface area contributed by atoms with Gasteiger partial charge in [-0.25, -0.2) is 4.79 Å². The van der Waals surface area contributed by atoms with Gasteiger partial charge >= 0.3 is 5.97 Å². The molecule has 0 heterocycles. The van der Waals surface area contributed by atoms with Crippen LogP contribution in [0.3, 0.4) is 0 Å². The van der Waals surface area contributed by atoms with Gasteiger partial charge in [0.05, 0.1) is 6.10 Å². The number of aliphatic imine (C=N–C) groups is 1. The van der Waals surface area contributed by atoms with E-state index in [1.807, 2.05) is 0 Å². The number of hydrogen-bond donors (Lipinski definition) is 7. The number of carbonyl (C=O) groups is 3. The summed E-state index contributed by atoms with van der Waals surface area (Å²) in [6.45, 7) is 1.56. The highest BCUT2D eigenvalue weighted by atomic mass is 16.4. The summed E-state index contributed by atoms with van der Waals surface area (Å²) in [7, 11) is 0. The normalized spacial score (nSPS) is 14.6. The molecule has 0 aromatic heterocycles. The maximum absolute atomic E-state index is 12.7. The molecule has 11 heteroatoms. The predicted octanol–water partition coefficient (Wildman–Crippen LogP) is -1.95. The molecule has 10 N–H and O–H groups in total. The highest BCUT2D eigenvalue weighted by molar-refractivity contribution is 5.92. The highest BCUT2D eigenvalue weighted by Crippen LogP contribution is 2.06. The lowest BCUT2D eigenvalue weighted by Crippen LogP contribution is -2.56. The Kier molecular flexibility index (Phi) is 10.3. The number of nitrogens with zero attached hydrogens (tertiary/aromatic N) is 1. The van der Waals surface area contributed by atoms with Crippen LogP contribution in [0.15, 0.2) is 35.3 Å². The molecule has 0 fully saturated rings. The van der Waals surface area contributed by atoms with Gasteiger partial charge in [0.2, 0.25) is 11.8 Å². The Labute approximate surface area is 174 Å². The van der Waals surface area contributed by atoms with Gasteiger partial charge in [-0.15, -0.1) is 0 Å². The number of aliphatic hydroxyl groups is 1. The number of nitrogens with one attached hydrogen (secondary N) is 2. The highest BCUT2D eigenvalue weighted by Gasteiger charge is 2.29. The second kappa shape index (κ2) is 12.4. The molecule has 11 nitrogen and oxygen atoms in total. The lowest BCUT2D eigenvalue weighted by atomic mass is 10.0. The third-order valence-corrected chi connectivity index (χ3v) is 4.30. The molecule has 0 aliphatic rings. The van der Waals surface area contributed by atoms with Crippen LogP contribution in [0, 0.1) is 0 Å². The van der Waals surface area contributed by atoms with Crippen LogP contribution in [0.25, 0.3) is 0 Å². The van der Waals surface area contributed by atoms with Crippen LogP contribution >= 0.6 is 0 Å². The second-order valence-electron chi connectivity index (χ2n) is 6.87. The first-order valence-corrected chi connectivity index (χ1v) is 9.48. The van der Waals surface area contributed by atoms with E-state index in [-0.39, 0.29) is 25.3 Å². The molecule has 0 radical (unpaired) electrons. The van der Waals surface area contributed by atoms with Crippen molar-refractivity contribution in [2.24, 2.45) is 22.2 Å². The van der Waals surface area contributed by atoms with E-state index in [4.69, 9.17) is 17.2 Å². The number of amides is 2. The van der Waals surface area contributed by atoms with Crippen molar-refractivity contribution in [3.8, 4) is 0 Å². The van der Waals surface area contributed by atoms with Gasteiger partial charge in [0.25, 0.3) is 0 Å². The molecule has 0 aliphatic heterocycles. The Morgan fingerprint density at radius 1 is 1.07 bits per heavy atom. The predicted molar refractivity (Wildman–Crippen MR) is 111 cm³/mol. The minimum atomic E-state index is -1.24. The summed E-state index contributed by atoms with van der Waals surface area (Å²) in [6.07, 6.45) is -0.570. The summed E-state index contributed by atoms with van der Waals surface area (Å²) in [5, 5.41) is 23.9. The third-order valence-electron chi connectivity index (χ3n) is 4.30. The molecule has 1 rings (SSSR count). The second-order valence-corrected chi connectivity index (χ2v) is 6.87. The maximum Gasteiger partial charge on any atom is 0.326 e. The molecular weight excluding hydrogens is 392 g/mol. The first kappa shape index (κ1) is 24.9. The fraction of sp³-hybridized carbons (Fsp3) is 0.474. The summed E-state index contributed by atoms with van der Waals surface area (Å²) in [5.74, 6) is -2.74. The van der Waals surface area contributed by atoms with E-state index in [9.17, 15) is 24.6 Å². The Bertz CT molecular complexity index is 736. The fourth-order valence-electron chi connectivity index (χ4n) is 2.58. The van der Waals surface area contributed by atoms with Crippen molar-refractivity contribution in [2.45, 2.75) is 50.4 Å². The van der Waals surface area contributed by atoms with E-state index < -0.39 is 42.0 Å². The lowest BCUT2D eigenvalue weighted by molar-refractivity contribution is -0.142. The van der Waals surface area contributed by atoms with E-state index in [2.05, 4.69) is 15.6 Å². The van der Waals surface area contributed by atoms with E-state index in [1.165, 1.54) is 6.92 Å². The summed E-state index contributed by atoms with van der Waals surface area (Å²) in [4.78, 5) is 40.3. The zero-order valence-electron chi connectivity index (χ0n) is 16.8. The fourth-order valence-corrected chi connectivity index (χ4v) is 2.58. The van der Waals surface area contributed by atoms with Gasteiger partial charge in [-0.1, -0.05) is 30.3 Å². The standard InChI is InChI=1S/C19H30N6O5/c1-11(26)15(20)17(28)24-13(8-5-9-23-19(21)22)16(27)25-14(18(29)30)10-12-6-3-2-4-7-12/h2-4,6-7,11,13-15,26H,5,8-10,20H2,1H3,(H,24,28)(H,25,27)(H,29,30)(H4,21,22,23)/t11-,13+,14+,15+/m1/s1. The quantitative estimate of drug-likeness (QED) is 0.114. The number of aliphatic carboxylic acids is 1. The smallest absolute Gasteiger partial charge is 0.326 e. The van der Waals surface area contributed by atoms with Gasteiger partial charge in [-0.2, -0.15) is 0 Å². The molecule has 2 amide bonds. The van der Waals surface area contributed by atoms with Crippen LogP contribution < -0.4 is 27.8 Å². The van der Waals surface area contributed by atoms with Crippen LogP contribution in [0.2, 0.25) is 0 Å². The molecule has 0 spiro atoms. The summed E-state index contributed by atoms with van der Waals surface area (Å²) >= 11 is 0. The minimum absolute atomic E-state index is 0.0732. The van der Waals surface area contributed by atoms with Crippen molar-refractivity contribution >= 4 is 23.7 Å². The van der Waals surface area contributed by atoms with Gasteiger partial charge < -0.3 is 38.0 Å². The maximum atomic E-state index is 12.7. The molecule has 1 aromatic rings. The average molecular weight is 422 g/mol. The van der Waals surface area contributed by atoms with Crippen molar-refractivity contribution in [2.75, 3.05) is 6.54 Å². The van der Waals surface area contributed by atoms with E-state index in [0.717, 1.165) is 5.56 Å². The van der Waals surface area contributed by atoms with E-state index in [1.54, 1.807) is 30.3 Å². The first-order chi connectivity index (χ1) is 14.1. The van der Waals surface area contributed by atoms with Gasteiger partial charge in [0, 0.05) is 13.0 Å². The molecule has 30 heavy (non-hydrogen) atoms. The van der Waals surface area contributed by atoms with Gasteiger partial charge in [-0.3, -0.25) is 14.6 Å². The number of benzene rings is 1. The van der Waals surface area contributed by atoms with Crippen LogP contribution in [0.5, 0.6) is 0 Å². The molecule has 0 saturated heterocycles. The van der Waals surface area contributed by atoms with Gasteiger partial charge in [0.1, 0.15) is 18.1 Å². The molecule has 166 valence electrons. The molecule has 0 aliphatic carbocycles. The third kappa shape index (κ3) is 8.88. The van der Waals surface area contributed by atoms with Crippen molar-refractivity contribution in [3.63, 3.8) is 0 Å². The largest absolute Gasteiger partial charge is 0.480 e. The van der Waals surface area contributed by atoms with Gasteiger partial charge in [0.15, 0.2) is 5.96 Å². The number of nitrogens with two attached hydrogens (primary N) is 3. The summed E-state index contributed by atoms with van der Waals surface area (Å²) in [6, 6.07) is 5.32. The van der Waals surface area contributed by atoms with Crippen molar-refractivity contribution < 1.29 is 24.6 Å². The van der Waals surface area contributed by atoms with Crippen LogP contribution in [-0.4, -0.2) is 64.7 Å². The number of carboxylic acids is 1. The molecule has 0 bridgehead atoms. The number of guanidine groups is 1. The van der Waals surface area contributed by atoms with Crippen molar-refractivity contribution in [1.82, 2.24) is 10.6 Å². The topological polar surface area (TPSA) is 206 Å². The van der Waals surface area contributed by atoms with E-state index in [0.29, 0.717) is 6.42 Å². The number of carboxylic acid groups (broad SMARTS) is 1. The monoisotopic (exact) mass is 422 g/mol. The molecule has 0 saturated carbocycles. The zero-order valence-corrected chi connectivity index (χ0v) is 16.8. The number of hydrogen-bond acceptors (Lipinski definition) is 6. The Hall–Kier alpha value is -3.18. The van der Waals surface area contributed by atoms with Crippen molar-refractivity contribution in [1.29, 1.82) is 0 Å². The summed E-state index contributed by atoms with van der Waals surface area (Å²) in [5.41, 5.74) is 16.9. The van der Waals surface area contributed by atoms with Gasteiger partial charge in [-0.05, 0) is 25.3 Å². The Morgan fingerprint density at radius 3 is 2.20 bits per heavy atom. The van der Waals surface area contributed by atoms with Crippen LogP contribution in [0.4, 0.5) is 0 Å². The van der Waals surface area contributed by atoms with E-state index >= 15 is 0 Å². The number of rotatable bonds is 12. The number of aliphatic hydroxyl groups excluding tert-OH is 1. The Morgan fingerprint density at radius 2 is 1.67 bits per heavy atom. The number of carbonyl (C=O) groups excluding carboxylic acids is 2. The first-order valence-electron chi connectivity index (χ1n) is 9.48. The van der Waals surface area contributed by atoms with Crippen molar-refractivity contribution in [3.05, 3.63) is 35.9 Å². The van der Waals surface area contributed by atoms with Crippen LogP contribution in [-0.2, 0) is 20.8 Å². The molecule has 1 aromatic carbocycles. The Balaban J connectivity index is 2.87. The molecule has 0 unspecified atom stereocenters. The molecule has 4 atom stereocenters.